The summed E-state index contributed by atoms with van der Waals surface area (Å²) in [6.07, 6.45) is 0. The Morgan fingerprint density at radius 2 is 1.67 bits per heavy atom. The van der Waals surface area contributed by atoms with Gasteiger partial charge in [-0.3, -0.25) is 9.69 Å². The maximum Gasteiger partial charge on any atom is 0.260 e. The molecule has 0 aliphatic carbocycles. The predicted molar refractivity (Wildman–Crippen MR) is 123 cm³/mol. The SMILES string of the molecule is CCN(CC)S(=O)(=O)c1ccc(C(=O)N(CC(C)C)c2nc3ccccc3s2)cc1. The fourth-order valence-electron chi connectivity index (χ4n) is 3.23. The molecule has 0 unspecified atom stereocenters. The molecule has 1 amide bonds. The lowest BCUT2D eigenvalue weighted by Crippen LogP contribution is -2.34. The Balaban J connectivity index is 1.93. The third-order valence-electron chi connectivity index (χ3n) is 4.75. The minimum Gasteiger partial charge on any atom is -0.284 e. The van der Waals surface area contributed by atoms with E-state index in [4.69, 9.17) is 0 Å². The second-order valence-corrected chi connectivity index (χ2v) is 10.3. The Labute approximate surface area is 182 Å². The van der Waals surface area contributed by atoms with Crippen LogP contribution in [0.1, 0.15) is 38.1 Å². The first-order chi connectivity index (χ1) is 14.3. The Bertz CT molecular complexity index is 1080. The van der Waals surface area contributed by atoms with Crippen molar-refractivity contribution >= 4 is 42.6 Å². The van der Waals surface area contributed by atoms with Crippen molar-refractivity contribution in [3.8, 4) is 0 Å². The third-order valence-corrected chi connectivity index (χ3v) is 7.87. The molecule has 30 heavy (non-hydrogen) atoms. The zero-order valence-corrected chi connectivity index (χ0v) is 19.3. The number of benzene rings is 2. The monoisotopic (exact) mass is 445 g/mol. The lowest BCUT2D eigenvalue weighted by Gasteiger charge is -2.22. The molecular formula is C22H27N3O3S2. The van der Waals surface area contributed by atoms with Crippen molar-refractivity contribution in [1.82, 2.24) is 9.29 Å². The predicted octanol–water partition coefficient (Wildman–Crippen LogP) is 4.63. The van der Waals surface area contributed by atoms with Gasteiger partial charge in [-0.15, -0.1) is 0 Å². The molecule has 0 saturated carbocycles. The van der Waals surface area contributed by atoms with Crippen LogP contribution in [0.5, 0.6) is 0 Å². The summed E-state index contributed by atoms with van der Waals surface area (Å²) in [5.41, 5.74) is 1.30. The first-order valence-corrected chi connectivity index (χ1v) is 12.3. The van der Waals surface area contributed by atoms with E-state index in [1.54, 1.807) is 30.9 Å². The van der Waals surface area contributed by atoms with Gasteiger partial charge in [-0.05, 0) is 42.3 Å². The fraction of sp³-hybridized carbons (Fsp3) is 0.364. The molecule has 0 saturated heterocycles. The summed E-state index contributed by atoms with van der Waals surface area (Å²) in [5, 5.41) is 0.648. The molecule has 1 aromatic heterocycles. The molecule has 0 spiro atoms. The molecule has 0 fully saturated rings. The minimum absolute atomic E-state index is 0.186. The highest BCUT2D eigenvalue weighted by atomic mass is 32.2. The number of anilines is 1. The van der Waals surface area contributed by atoms with Crippen LogP contribution in [0.15, 0.2) is 53.4 Å². The van der Waals surface area contributed by atoms with Gasteiger partial charge in [-0.25, -0.2) is 13.4 Å². The average Bonchev–Trinajstić information content (AvgIpc) is 3.16. The molecule has 3 rings (SSSR count). The number of nitrogens with zero attached hydrogens (tertiary/aromatic N) is 3. The number of amides is 1. The van der Waals surface area contributed by atoms with Crippen molar-refractivity contribution in [2.75, 3.05) is 24.5 Å². The molecular weight excluding hydrogens is 418 g/mol. The Hall–Kier alpha value is -2.29. The van der Waals surface area contributed by atoms with Gasteiger partial charge in [0.15, 0.2) is 5.13 Å². The maximum absolute atomic E-state index is 13.3. The first kappa shape index (κ1) is 22.4. The number of para-hydroxylation sites is 1. The minimum atomic E-state index is -3.55. The van der Waals surface area contributed by atoms with E-state index in [0.717, 1.165) is 10.2 Å². The number of hydrogen-bond donors (Lipinski definition) is 0. The van der Waals surface area contributed by atoms with Gasteiger partial charge in [-0.2, -0.15) is 4.31 Å². The van der Waals surface area contributed by atoms with Gasteiger partial charge in [0.25, 0.3) is 5.91 Å². The third kappa shape index (κ3) is 4.55. The smallest absolute Gasteiger partial charge is 0.260 e. The number of fused-ring (bicyclic) bond motifs is 1. The van der Waals surface area contributed by atoms with Crippen LogP contribution in [0.3, 0.4) is 0 Å². The van der Waals surface area contributed by atoms with Crippen LogP contribution in [0.25, 0.3) is 10.2 Å². The molecule has 8 heteroatoms. The van der Waals surface area contributed by atoms with E-state index in [-0.39, 0.29) is 16.7 Å². The van der Waals surface area contributed by atoms with Crippen molar-refractivity contribution in [3.05, 3.63) is 54.1 Å². The maximum atomic E-state index is 13.3. The van der Waals surface area contributed by atoms with Gasteiger partial charge in [-0.1, -0.05) is 51.2 Å². The zero-order valence-electron chi connectivity index (χ0n) is 17.7. The number of rotatable bonds is 8. The van der Waals surface area contributed by atoms with Crippen LogP contribution in [-0.2, 0) is 10.0 Å². The van der Waals surface area contributed by atoms with Crippen LogP contribution in [0.4, 0.5) is 5.13 Å². The largest absolute Gasteiger partial charge is 0.284 e. The Morgan fingerprint density at radius 1 is 1.03 bits per heavy atom. The number of hydrogen-bond acceptors (Lipinski definition) is 5. The second kappa shape index (κ2) is 9.24. The van der Waals surface area contributed by atoms with E-state index in [1.165, 1.54) is 27.8 Å². The van der Waals surface area contributed by atoms with Crippen LogP contribution < -0.4 is 4.90 Å². The van der Waals surface area contributed by atoms with Gasteiger partial charge >= 0.3 is 0 Å². The van der Waals surface area contributed by atoms with Gasteiger partial charge in [0, 0.05) is 25.2 Å². The molecule has 0 radical (unpaired) electrons. The van der Waals surface area contributed by atoms with Crippen molar-refractivity contribution < 1.29 is 13.2 Å². The highest BCUT2D eigenvalue weighted by molar-refractivity contribution is 7.89. The number of sulfonamides is 1. The summed E-state index contributed by atoms with van der Waals surface area (Å²) in [7, 11) is -3.55. The molecule has 0 bridgehead atoms. The van der Waals surface area contributed by atoms with E-state index in [0.29, 0.717) is 30.3 Å². The molecule has 2 aromatic carbocycles. The molecule has 0 aliphatic rings. The second-order valence-electron chi connectivity index (χ2n) is 7.39. The van der Waals surface area contributed by atoms with Crippen molar-refractivity contribution in [2.24, 2.45) is 5.92 Å². The number of carbonyl (C=O) groups is 1. The first-order valence-electron chi connectivity index (χ1n) is 10.1. The van der Waals surface area contributed by atoms with E-state index >= 15 is 0 Å². The summed E-state index contributed by atoms with van der Waals surface area (Å²) in [6, 6.07) is 14.0. The molecule has 0 atom stereocenters. The summed E-state index contributed by atoms with van der Waals surface area (Å²) in [5.74, 6) is 0.0674. The Morgan fingerprint density at radius 3 is 2.23 bits per heavy atom. The summed E-state index contributed by atoms with van der Waals surface area (Å²) < 4.78 is 27.8. The number of aromatic nitrogens is 1. The topological polar surface area (TPSA) is 70.6 Å². The molecule has 3 aromatic rings. The quantitative estimate of drug-likeness (QED) is 0.507. The number of carbonyl (C=O) groups excluding carboxylic acids is 1. The van der Waals surface area contributed by atoms with Crippen LogP contribution in [0.2, 0.25) is 0 Å². The molecule has 0 aliphatic heterocycles. The lowest BCUT2D eigenvalue weighted by molar-refractivity contribution is 0.0983. The van der Waals surface area contributed by atoms with Gasteiger partial charge in [0.05, 0.1) is 15.1 Å². The van der Waals surface area contributed by atoms with Gasteiger partial charge in [0.1, 0.15) is 0 Å². The van der Waals surface area contributed by atoms with Crippen LogP contribution in [0, 0.1) is 5.92 Å². The normalized spacial score (nSPS) is 12.1. The summed E-state index contributed by atoms with van der Waals surface area (Å²) >= 11 is 1.48. The van der Waals surface area contributed by atoms with E-state index in [9.17, 15) is 13.2 Å². The van der Waals surface area contributed by atoms with Crippen molar-refractivity contribution in [3.63, 3.8) is 0 Å². The highest BCUT2D eigenvalue weighted by Crippen LogP contribution is 2.30. The summed E-state index contributed by atoms with van der Waals surface area (Å²) in [6.45, 7) is 9.04. The number of thiazole rings is 1. The van der Waals surface area contributed by atoms with Crippen molar-refractivity contribution in [2.45, 2.75) is 32.6 Å². The molecule has 0 N–H and O–H groups in total. The zero-order chi connectivity index (χ0) is 21.9. The van der Waals surface area contributed by atoms with E-state index in [2.05, 4.69) is 4.98 Å². The Kier molecular flexibility index (Phi) is 6.90. The average molecular weight is 446 g/mol. The fourth-order valence-corrected chi connectivity index (χ4v) is 5.66. The molecule has 1 heterocycles. The van der Waals surface area contributed by atoms with Gasteiger partial charge in [0.2, 0.25) is 10.0 Å². The lowest BCUT2D eigenvalue weighted by atomic mass is 10.1. The van der Waals surface area contributed by atoms with Crippen LogP contribution in [-0.4, -0.2) is 43.2 Å². The molecule has 6 nitrogen and oxygen atoms in total. The van der Waals surface area contributed by atoms with E-state index < -0.39 is 10.0 Å². The van der Waals surface area contributed by atoms with E-state index in [1.807, 2.05) is 38.1 Å². The summed E-state index contributed by atoms with van der Waals surface area (Å²) in [4.78, 5) is 19.8. The van der Waals surface area contributed by atoms with Crippen molar-refractivity contribution in [1.29, 1.82) is 0 Å². The molecule has 160 valence electrons. The van der Waals surface area contributed by atoms with Crippen LogP contribution >= 0.6 is 11.3 Å². The standard InChI is InChI=1S/C22H27N3O3S2/c1-5-24(6-2)30(27,28)18-13-11-17(12-14-18)21(26)25(15-16(3)4)22-23-19-9-7-8-10-20(19)29-22/h7-14,16H,5-6,15H2,1-4H3. The van der Waals surface area contributed by atoms with Gasteiger partial charge < -0.3 is 0 Å². The highest BCUT2D eigenvalue weighted by Gasteiger charge is 2.25.